The minimum atomic E-state index is -4.81. The molecule has 0 atom stereocenters. The summed E-state index contributed by atoms with van der Waals surface area (Å²) in [7, 11) is 0. The molecule has 0 aliphatic carbocycles. The molecule has 142 valence electrons. The van der Waals surface area contributed by atoms with Crippen molar-refractivity contribution in [2.75, 3.05) is 6.61 Å². The van der Waals surface area contributed by atoms with Crippen molar-refractivity contribution in [3.63, 3.8) is 0 Å². The van der Waals surface area contributed by atoms with Crippen molar-refractivity contribution in [1.29, 1.82) is 0 Å². The van der Waals surface area contributed by atoms with Gasteiger partial charge in [0.05, 0.1) is 17.7 Å². The number of nitrogens with zero attached hydrogens (tertiary/aromatic N) is 2. The third kappa shape index (κ3) is 4.33. The molecule has 2 rings (SSSR count). The largest absolute Gasteiger partial charge is 0.462 e. The van der Waals surface area contributed by atoms with E-state index in [2.05, 4.69) is 4.98 Å². The van der Waals surface area contributed by atoms with Crippen LogP contribution in [0, 0.1) is 0 Å². The lowest BCUT2D eigenvalue weighted by Gasteiger charge is -2.20. The first-order valence-electron chi connectivity index (χ1n) is 7.89. The summed E-state index contributed by atoms with van der Waals surface area (Å²) in [6.45, 7) is 5.80. The van der Waals surface area contributed by atoms with Crippen molar-refractivity contribution in [3.05, 3.63) is 29.6 Å². The van der Waals surface area contributed by atoms with Crippen molar-refractivity contribution in [3.8, 4) is 0 Å². The molecule has 0 saturated heterocycles. The average molecular weight is 372 g/mol. The highest BCUT2D eigenvalue weighted by Gasteiger charge is 2.39. The van der Waals surface area contributed by atoms with Gasteiger partial charge in [-0.15, -0.1) is 0 Å². The first kappa shape index (κ1) is 19.7. The summed E-state index contributed by atoms with van der Waals surface area (Å²) in [5.41, 5.74) is -1.13. The summed E-state index contributed by atoms with van der Waals surface area (Å²) >= 11 is 0. The number of benzene rings is 1. The topological polar surface area (TPSA) is 70.4 Å². The summed E-state index contributed by atoms with van der Waals surface area (Å²) in [4.78, 5) is 27.6. The lowest BCUT2D eigenvalue weighted by molar-refractivity contribution is -0.158. The van der Waals surface area contributed by atoms with E-state index in [1.165, 1.54) is 18.2 Å². The van der Waals surface area contributed by atoms with Crippen molar-refractivity contribution >= 4 is 23.0 Å². The van der Waals surface area contributed by atoms with E-state index in [9.17, 15) is 22.8 Å². The fourth-order valence-corrected chi connectivity index (χ4v) is 2.40. The third-order valence-electron chi connectivity index (χ3n) is 3.24. The Labute approximate surface area is 147 Å². The second-order valence-corrected chi connectivity index (χ2v) is 6.50. The Balaban J connectivity index is 2.58. The highest BCUT2D eigenvalue weighted by atomic mass is 19.4. The minimum absolute atomic E-state index is 0.00580. The Kier molecular flexibility index (Phi) is 5.29. The van der Waals surface area contributed by atoms with Crippen molar-refractivity contribution in [2.45, 2.75) is 46.0 Å². The predicted molar refractivity (Wildman–Crippen MR) is 86.5 cm³/mol. The maximum atomic E-state index is 13.4. The molecular formula is C17H19F3N2O4. The molecule has 0 spiro atoms. The lowest BCUT2D eigenvalue weighted by atomic mass is 10.2. The zero-order valence-corrected chi connectivity index (χ0v) is 14.8. The van der Waals surface area contributed by atoms with Gasteiger partial charge in [-0.3, -0.25) is 4.79 Å². The molecule has 0 unspecified atom stereocenters. The molecule has 0 fully saturated rings. The number of para-hydroxylation sites is 1. The Hall–Kier alpha value is -2.58. The van der Waals surface area contributed by atoms with E-state index in [0.29, 0.717) is 4.57 Å². The van der Waals surface area contributed by atoms with Crippen LogP contribution in [0.1, 0.15) is 43.9 Å². The van der Waals surface area contributed by atoms with Crippen molar-refractivity contribution in [1.82, 2.24) is 9.55 Å². The van der Waals surface area contributed by atoms with Crippen LogP contribution < -0.4 is 0 Å². The third-order valence-corrected chi connectivity index (χ3v) is 3.24. The number of imidazole rings is 1. The number of rotatable bonds is 4. The Bertz CT molecular complexity index is 835. The van der Waals surface area contributed by atoms with Gasteiger partial charge in [0.25, 0.3) is 0 Å². The number of carbonyl (C=O) groups is 2. The van der Waals surface area contributed by atoms with Gasteiger partial charge in [-0.05, 0) is 39.8 Å². The summed E-state index contributed by atoms with van der Waals surface area (Å²) in [6.07, 6.45) is -4.81. The van der Waals surface area contributed by atoms with Crippen LogP contribution in [0.4, 0.5) is 13.2 Å². The predicted octanol–water partition coefficient (Wildman–Crippen LogP) is 3.57. The molecule has 6 nitrogen and oxygen atoms in total. The molecule has 0 amide bonds. The van der Waals surface area contributed by atoms with Crippen LogP contribution in [-0.4, -0.2) is 33.7 Å². The van der Waals surface area contributed by atoms with Crippen LogP contribution in [0.15, 0.2) is 18.2 Å². The second kappa shape index (κ2) is 6.97. The number of hydrogen-bond acceptors (Lipinski definition) is 5. The van der Waals surface area contributed by atoms with Crippen LogP contribution in [0.5, 0.6) is 0 Å². The Morgan fingerprint density at radius 3 is 2.38 bits per heavy atom. The van der Waals surface area contributed by atoms with Crippen LogP contribution >= 0.6 is 0 Å². The molecule has 2 aromatic rings. The number of hydrogen-bond donors (Lipinski definition) is 0. The van der Waals surface area contributed by atoms with Gasteiger partial charge in [0.1, 0.15) is 17.7 Å². The normalized spacial score (nSPS) is 12.3. The molecule has 0 aliphatic heterocycles. The van der Waals surface area contributed by atoms with Gasteiger partial charge < -0.3 is 14.0 Å². The first-order valence-corrected chi connectivity index (χ1v) is 7.89. The van der Waals surface area contributed by atoms with E-state index in [1.807, 2.05) is 0 Å². The van der Waals surface area contributed by atoms with E-state index in [4.69, 9.17) is 9.47 Å². The zero-order valence-electron chi connectivity index (χ0n) is 14.8. The van der Waals surface area contributed by atoms with Gasteiger partial charge in [-0.1, -0.05) is 6.07 Å². The molecule has 0 saturated carbocycles. The van der Waals surface area contributed by atoms with Gasteiger partial charge in [-0.2, -0.15) is 13.2 Å². The summed E-state index contributed by atoms with van der Waals surface area (Å²) in [5, 5.41) is 0. The summed E-state index contributed by atoms with van der Waals surface area (Å²) in [5.74, 6) is -2.91. The smallest absolute Gasteiger partial charge is 0.449 e. The van der Waals surface area contributed by atoms with E-state index in [-0.39, 0.29) is 23.2 Å². The highest BCUT2D eigenvalue weighted by molar-refractivity contribution is 6.02. The fraction of sp³-hybridized carbons (Fsp3) is 0.471. The number of ether oxygens (including phenoxy) is 2. The van der Waals surface area contributed by atoms with E-state index < -0.39 is 36.1 Å². The standard InChI is InChI=1S/C17H19F3N2O4/c1-5-25-14(24)10-7-6-8-11-13(10)21-15(17(18,19)20)22(11)9-12(23)26-16(2,3)4/h6-8H,5,9H2,1-4H3. The molecule has 9 heteroatoms. The number of aromatic nitrogens is 2. The lowest BCUT2D eigenvalue weighted by Crippen LogP contribution is -2.28. The summed E-state index contributed by atoms with van der Waals surface area (Å²) < 4.78 is 50.9. The molecule has 0 aliphatic rings. The van der Waals surface area contributed by atoms with Crippen LogP contribution in [0.3, 0.4) is 0 Å². The first-order chi connectivity index (χ1) is 11.9. The van der Waals surface area contributed by atoms with Crippen LogP contribution in [0.25, 0.3) is 11.0 Å². The number of carbonyl (C=O) groups excluding carboxylic acids is 2. The Morgan fingerprint density at radius 2 is 1.85 bits per heavy atom. The number of alkyl halides is 3. The number of fused-ring (bicyclic) bond motifs is 1. The molecule has 1 aromatic heterocycles. The number of esters is 2. The highest BCUT2D eigenvalue weighted by Crippen LogP contribution is 2.33. The van der Waals surface area contributed by atoms with E-state index >= 15 is 0 Å². The average Bonchev–Trinajstić information content (AvgIpc) is 2.84. The van der Waals surface area contributed by atoms with Gasteiger partial charge in [0.2, 0.25) is 5.82 Å². The quantitative estimate of drug-likeness (QED) is 0.768. The molecule has 0 bridgehead atoms. The zero-order chi connectivity index (χ0) is 19.7. The maximum Gasteiger partial charge on any atom is 0.449 e. The Morgan fingerprint density at radius 1 is 1.19 bits per heavy atom. The molecule has 0 N–H and O–H groups in total. The van der Waals surface area contributed by atoms with Gasteiger partial charge >= 0.3 is 18.1 Å². The van der Waals surface area contributed by atoms with Crippen molar-refractivity contribution < 1.29 is 32.2 Å². The van der Waals surface area contributed by atoms with Gasteiger partial charge in [0, 0.05) is 0 Å². The summed E-state index contributed by atoms with van der Waals surface area (Å²) in [6, 6.07) is 4.08. The van der Waals surface area contributed by atoms with Crippen LogP contribution in [-0.2, 0) is 27.0 Å². The van der Waals surface area contributed by atoms with Crippen LogP contribution in [0.2, 0.25) is 0 Å². The van der Waals surface area contributed by atoms with Gasteiger partial charge in [0.15, 0.2) is 0 Å². The second-order valence-electron chi connectivity index (χ2n) is 6.50. The SMILES string of the molecule is CCOC(=O)c1cccc2c1nc(C(F)(F)F)n2CC(=O)OC(C)(C)C. The minimum Gasteiger partial charge on any atom is -0.462 e. The van der Waals surface area contributed by atoms with E-state index in [0.717, 1.165) is 0 Å². The van der Waals surface area contributed by atoms with E-state index in [1.54, 1.807) is 27.7 Å². The number of halogens is 3. The fourth-order valence-electron chi connectivity index (χ4n) is 2.40. The maximum absolute atomic E-state index is 13.4. The van der Waals surface area contributed by atoms with Gasteiger partial charge in [-0.25, -0.2) is 9.78 Å². The molecule has 1 heterocycles. The molecular weight excluding hydrogens is 353 g/mol. The monoisotopic (exact) mass is 372 g/mol. The molecule has 0 radical (unpaired) electrons. The molecule has 26 heavy (non-hydrogen) atoms. The van der Waals surface area contributed by atoms with Crippen molar-refractivity contribution in [2.24, 2.45) is 0 Å². The molecule has 1 aromatic carbocycles.